The van der Waals surface area contributed by atoms with Crippen LogP contribution in [0.2, 0.25) is 0 Å². The Balaban J connectivity index is 2.07. The van der Waals surface area contributed by atoms with Crippen LogP contribution in [0.3, 0.4) is 0 Å². The molecule has 110 valence electrons. The molecule has 0 unspecified atom stereocenters. The first kappa shape index (κ1) is 14.9. The van der Waals surface area contributed by atoms with Crippen molar-refractivity contribution in [2.24, 2.45) is 7.05 Å². The molecule has 0 aliphatic carbocycles. The number of carbonyl (C=O) groups is 1. The summed E-state index contributed by atoms with van der Waals surface area (Å²) < 4.78 is 29.9. The number of benzene rings is 1. The minimum Gasteiger partial charge on any atom is -0.435 e. The number of ketones is 1. The van der Waals surface area contributed by atoms with Crippen LogP contribution >= 0.6 is 0 Å². The first-order valence-electron chi connectivity index (χ1n) is 6.23. The molecule has 0 saturated carbocycles. The van der Waals surface area contributed by atoms with Crippen LogP contribution < -0.4 is 4.74 Å². The highest BCUT2D eigenvalue weighted by Gasteiger charge is 2.09. The highest BCUT2D eigenvalue weighted by atomic mass is 19.3. The van der Waals surface area contributed by atoms with Gasteiger partial charge in [-0.3, -0.25) is 9.48 Å². The van der Waals surface area contributed by atoms with Gasteiger partial charge < -0.3 is 4.74 Å². The summed E-state index contributed by atoms with van der Waals surface area (Å²) in [5.74, 6) is -0.0786. The van der Waals surface area contributed by atoms with Crippen molar-refractivity contribution in [3.8, 4) is 5.75 Å². The van der Waals surface area contributed by atoms with Gasteiger partial charge in [-0.15, -0.1) is 0 Å². The standard InChI is InChI=1S/C15H14F2N2O2/c1-10-13(9-19(2)18-10)14(20)8-5-11-3-6-12(7-4-11)21-15(16)17/h3-9,15H,1-2H3. The second-order valence-electron chi connectivity index (χ2n) is 4.45. The molecule has 0 aliphatic rings. The average Bonchev–Trinajstić information content (AvgIpc) is 2.76. The predicted molar refractivity (Wildman–Crippen MR) is 74.4 cm³/mol. The molecule has 6 heteroatoms. The number of hydrogen-bond acceptors (Lipinski definition) is 3. The summed E-state index contributed by atoms with van der Waals surface area (Å²) in [4.78, 5) is 12.0. The number of ether oxygens (including phenoxy) is 1. The van der Waals surface area contributed by atoms with Gasteiger partial charge >= 0.3 is 6.61 Å². The van der Waals surface area contributed by atoms with E-state index in [0.29, 0.717) is 16.8 Å². The van der Waals surface area contributed by atoms with Crippen molar-refractivity contribution >= 4 is 11.9 Å². The van der Waals surface area contributed by atoms with Crippen LogP contribution in [0.25, 0.3) is 6.08 Å². The molecule has 0 radical (unpaired) electrons. The Morgan fingerprint density at radius 1 is 1.33 bits per heavy atom. The monoisotopic (exact) mass is 292 g/mol. The van der Waals surface area contributed by atoms with Crippen molar-refractivity contribution in [2.45, 2.75) is 13.5 Å². The Kier molecular flexibility index (Phi) is 4.47. The lowest BCUT2D eigenvalue weighted by Gasteiger charge is -2.03. The number of allylic oxidation sites excluding steroid dienone is 1. The van der Waals surface area contributed by atoms with E-state index in [9.17, 15) is 13.6 Å². The Bertz CT molecular complexity index is 661. The zero-order valence-corrected chi connectivity index (χ0v) is 11.6. The van der Waals surface area contributed by atoms with Crippen LogP contribution in [0.15, 0.2) is 36.5 Å². The highest BCUT2D eigenvalue weighted by Crippen LogP contribution is 2.16. The molecule has 1 heterocycles. The first-order valence-corrected chi connectivity index (χ1v) is 6.23. The molecule has 0 spiro atoms. The molecule has 0 N–H and O–H groups in total. The molecule has 0 fully saturated rings. The summed E-state index contributed by atoms with van der Waals surface area (Å²) >= 11 is 0. The zero-order chi connectivity index (χ0) is 15.4. The number of rotatable bonds is 5. The number of nitrogens with zero attached hydrogens (tertiary/aromatic N) is 2. The Morgan fingerprint density at radius 3 is 2.52 bits per heavy atom. The second-order valence-corrected chi connectivity index (χ2v) is 4.45. The van der Waals surface area contributed by atoms with Gasteiger partial charge in [0.25, 0.3) is 0 Å². The molecule has 0 bridgehead atoms. The molecule has 1 aromatic carbocycles. The SMILES string of the molecule is Cc1nn(C)cc1C(=O)C=Cc1ccc(OC(F)F)cc1. The molecular weight excluding hydrogens is 278 g/mol. The second kappa shape index (κ2) is 6.30. The van der Waals surface area contributed by atoms with E-state index in [0.717, 1.165) is 0 Å². The van der Waals surface area contributed by atoms with Gasteiger partial charge in [0.2, 0.25) is 0 Å². The molecule has 0 aliphatic heterocycles. The van der Waals surface area contributed by atoms with Gasteiger partial charge in [0, 0.05) is 13.2 Å². The number of carbonyl (C=O) groups excluding carboxylic acids is 1. The smallest absolute Gasteiger partial charge is 0.387 e. The maximum Gasteiger partial charge on any atom is 0.387 e. The van der Waals surface area contributed by atoms with Crippen LogP contribution in [0.5, 0.6) is 5.75 Å². The summed E-state index contributed by atoms with van der Waals surface area (Å²) in [5, 5.41) is 4.10. The Labute approximate surface area is 120 Å². The first-order chi connectivity index (χ1) is 9.95. The molecule has 0 atom stereocenters. The maximum atomic E-state index is 12.0. The Morgan fingerprint density at radius 2 is 2.00 bits per heavy atom. The van der Waals surface area contributed by atoms with Crippen molar-refractivity contribution in [3.63, 3.8) is 0 Å². The fourth-order valence-corrected chi connectivity index (χ4v) is 1.86. The van der Waals surface area contributed by atoms with E-state index < -0.39 is 6.61 Å². The van der Waals surface area contributed by atoms with Crippen molar-refractivity contribution in [1.82, 2.24) is 9.78 Å². The minimum atomic E-state index is -2.85. The fourth-order valence-electron chi connectivity index (χ4n) is 1.86. The molecule has 4 nitrogen and oxygen atoms in total. The third-order valence-electron chi connectivity index (χ3n) is 2.81. The third-order valence-corrected chi connectivity index (χ3v) is 2.81. The molecule has 1 aromatic heterocycles. The molecule has 21 heavy (non-hydrogen) atoms. The lowest BCUT2D eigenvalue weighted by molar-refractivity contribution is -0.0498. The van der Waals surface area contributed by atoms with E-state index in [2.05, 4.69) is 9.84 Å². The van der Waals surface area contributed by atoms with Gasteiger partial charge in [-0.05, 0) is 30.7 Å². The number of aromatic nitrogens is 2. The van der Waals surface area contributed by atoms with Gasteiger partial charge in [0.05, 0.1) is 11.3 Å². The van der Waals surface area contributed by atoms with Crippen molar-refractivity contribution in [3.05, 3.63) is 53.4 Å². The summed E-state index contributed by atoms with van der Waals surface area (Å²) in [6, 6.07) is 6.03. The van der Waals surface area contributed by atoms with Gasteiger partial charge in [0.15, 0.2) is 5.78 Å². The lowest BCUT2D eigenvalue weighted by Crippen LogP contribution is -2.01. The number of halogens is 2. The van der Waals surface area contributed by atoms with Gasteiger partial charge in [-0.25, -0.2) is 0 Å². The average molecular weight is 292 g/mol. The fraction of sp³-hybridized carbons (Fsp3) is 0.200. The lowest BCUT2D eigenvalue weighted by atomic mass is 10.1. The highest BCUT2D eigenvalue weighted by molar-refractivity contribution is 6.07. The predicted octanol–water partition coefficient (Wildman–Crippen LogP) is 3.23. The van der Waals surface area contributed by atoms with Crippen LogP contribution in [-0.4, -0.2) is 22.2 Å². The minimum absolute atomic E-state index is 0.0802. The molecule has 0 amide bonds. The van der Waals surface area contributed by atoms with Crippen molar-refractivity contribution in [2.75, 3.05) is 0 Å². The van der Waals surface area contributed by atoms with Crippen LogP contribution in [-0.2, 0) is 7.05 Å². The summed E-state index contributed by atoms with van der Waals surface area (Å²) in [6.45, 7) is -1.08. The van der Waals surface area contributed by atoms with Crippen LogP contribution in [0, 0.1) is 6.92 Å². The molecule has 2 aromatic rings. The summed E-state index contributed by atoms with van der Waals surface area (Å²) in [6.07, 6.45) is 4.69. The number of aryl methyl sites for hydroxylation is 2. The van der Waals surface area contributed by atoms with Crippen molar-refractivity contribution in [1.29, 1.82) is 0 Å². The van der Waals surface area contributed by atoms with Gasteiger partial charge in [-0.2, -0.15) is 13.9 Å². The van der Waals surface area contributed by atoms with E-state index in [1.807, 2.05) is 0 Å². The molecule has 0 saturated heterocycles. The van der Waals surface area contributed by atoms with E-state index in [1.165, 1.54) is 18.2 Å². The van der Waals surface area contributed by atoms with E-state index >= 15 is 0 Å². The van der Waals surface area contributed by atoms with E-state index in [-0.39, 0.29) is 11.5 Å². The zero-order valence-electron chi connectivity index (χ0n) is 11.6. The quantitative estimate of drug-likeness (QED) is 0.628. The normalized spacial score (nSPS) is 11.3. The maximum absolute atomic E-state index is 12.0. The van der Waals surface area contributed by atoms with Crippen LogP contribution in [0.4, 0.5) is 8.78 Å². The molecule has 2 rings (SSSR count). The Hall–Kier alpha value is -2.50. The number of hydrogen-bond donors (Lipinski definition) is 0. The largest absolute Gasteiger partial charge is 0.435 e. The van der Waals surface area contributed by atoms with Crippen LogP contribution in [0.1, 0.15) is 21.6 Å². The van der Waals surface area contributed by atoms with E-state index in [4.69, 9.17) is 0 Å². The summed E-state index contributed by atoms with van der Waals surface area (Å²) in [7, 11) is 1.75. The van der Waals surface area contributed by atoms with Gasteiger partial charge in [0.1, 0.15) is 5.75 Å². The topological polar surface area (TPSA) is 44.1 Å². The third kappa shape index (κ3) is 3.98. The molecular formula is C15H14F2N2O2. The van der Waals surface area contributed by atoms with E-state index in [1.54, 1.807) is 43.1 Å². The number of alkyl halides is 2. The van der Waals surface area contributed by atoms with Crippen molar-refractivity contribution < 1.29 is 18.3 Å². The van der Waals surface area contributed by atoms with Gasteiger partial charge in [-0.1, -0.05) is 18.2 Å². The summed E-state index contributed by atoms with van der Waals surface area (Å²) in [5.41, 5.74) is 1.91.